The topological polar surface area (TPSA) is 0 Å². The molecule has 0 atom stereocenters. The summed E-state index contributed by atoms with van der Waals surface area (Å²) in [6.45, 7) is -2.06. The number of halogens is 11. The van der Waals surface area contributed by atoms with Crippen LogP contribution in [0, 0.1) is 0 Å². The Labute approximate surface area is 150 Å². The summed E-state index contributed by atoms with van der Waals surface area (Å²) in [5.74, 6) is -2.26. The van der Waals surface area contributed by atoms with Gasteiger partial charge < -0.3 is 0 Å². The Morgan fingerprint density at radius 2 is 1.14 bits per heavy atom. The van der Waals surface area contributed by atoms with E-state index in [1.807, 2.05) is 0 Å². The molecule has 0 aliphatic rings. The van der Waals surface area contributed by atoms with E-state index in [-0.39, 0.29) is 12.1 Å². The van der Waals surface area contributed by atoms with Gasteiger partial charge in [-0.1, -0.05) is 0 Å². The zero-order chi connectivity index (χ0) is 22.1. The van der Waals surface area contributed by atoms with E-state index in [4.69, 9.17) is 0 Å². The van der Waals surface area contributed by atoms with Crippen molar-refractivity contribution in [2.45, 2.75) is 12.4 Å². The molecule has 0 amide bonds. The first-order chi connectivity index (χ1) is 13.2. The molecule has 0 fully saturated rings. The van der Waals surface area contributed by atoms with Gasteiger partial charge in [-0.3, -0.25) is 0 Å². The minimum absolute atomic E-state index is 0.0395. The van der Waals surface area contributed by atoms with Crippen molar-refractivity contribution in [1.29, 1.82) is 0 Å². The van der Waals surface area contributed by atoms with Crippen molar-refractivity contribution in [3.8, 4) is 11.1 Å². The molecule has 0 radical (unpaired) electrons. The summed E-state index contributed by atoms with van der Waals surface area (Å²) >= 11 is 0. The zero-order valence-electron chi connectivity index (χ0n) is 13.4. The van der Waals surface area contributed by atoms with Gasteiger partial charge in [0.2, 0.25) is 0 Å². The van der Waals surface area contributed by atoms with E-state index in [9.17, 15) is 48.3 Å². The Balaban J connectivity index is 2.83. The summed E-state index contributed by atoms with van der Waals surface area (Å²) in [5.41, 5.74) is -6.61. The van der Waals surface area contributed by atoms with Gasteiger partial charge in [0, 0.05) is 0 Å². The third-order valence-corrected chi connectivity index (χ3v) is 5.53. The van der Waals surface area contributed by atoms with Crippen molar-refractivity contribution in [3.05, 3.63) is 59.2 Å². The van der Waals surface area contributed by atoms with Crippen LogP contribution in [0.3, 0.4) is 0 Å². The molecule has 2 aromatic carbocycles. The Morgan fingerprint density at radius 1 is 0.655 bits per heavy atom. The third kappa shape index (κ3) is 4.77. The maximum atomic E-state index is 13.4. The molecule has 0 bridgehead atoms. The van der Waals surface area contributed by atoms with Crippen LogP contribution < -0.4 is 6.07 Å². The molecule has 0 nitrogen and oxygen atoms in total. The molecule has 0 spiro atoms. The van der Waals surface area contributed by atoms with E-state index >= 15 is 0 Å². The van der Waals surface area contributed by atoms with Gasteiger partial charge in [-0.2, -0.15) is 0 Å². The monoisotopic (exact) mass is 668 g/mol. The van der Waals surface area contributed by atoms with Crippen molar-refractivity contribution < 1.29 is 48.3 Å². The summed E-state index contributed by atoms with van der Waals surface area (Å²) < 4.78 is 140. The molecule has 29 heavy (non-hydrogen) atoms. The molecule has 0 aliphatic heterocycles. The van der Waals surface area contributed by atoms with Gasteiger partial charge in [-0.25, -0.2) is 0 Å². The van der Waals surface area contributed by atoms with Gasteiger partial charge in [0.25, 0.3) is 0 Å². The van der Waals surface area contributed by atoms with Crippen LogP contribution in [0.2, 0.25) is 0 Å². The molecule has 0 N–H and O–H groups in total. The van der Waals surface area contributed by atoms with E-state index in [1.165, 1.54) is 0 Å². The van der Waals surface area contributed by atoms with E-state index in [1.54, 1.807) is 0 Å². The Morgan fingerprint density at radius 3 is 1.59 bits per heavy atom. The van der Waals surface area contributed by atoms with Gasteiger partial charge in [-0.05, 0) is 0 Å². The molecule has 12 heteroatoms. The van der Waals surface area contributed by atoms with Gasteiger partial charge in [0.05, 0.1) is 0 Å². The Hall–Kier alpha value is -3.72. The number of hydrogen-bond acceptors (Lipinski definition) is 0. The molecule has 0 unspecified atom stereocenters. The summed E-state index contributed by atoms with van der Waals surface area (Å²) in [6, 6.07) is 2.28. The van der Waals surface area contributed by atoms with Crippen molar-refractivity contribution in [1.82, 2.24) is 0 Å². The van der Waals surface area contributed by atoms with Crippen molar-refractivity contribution in [3.63, 3.8) is 0 Å². The fraction of sp³-hybridized carbons (Fsp3) is 0.118. The van der Waals surface area contributed by atoms with E-state index in [0.717, 1.165) is 6.07 Å². The zero-order valence-corrected chi connectivity index (χ0v) is 16.1. The number of rotatable bonds is 3. The first-order valence-corrected chi connectivity index (χ1v) is 9.75. The molecule has 2 rings (SSSR count). The van der Waals surface area contributed by atoms with Crippen molar-refractivity contribution >= 4 is 18.8 Å². The summed E-state index contributed by atoms with van der Waals surface area (Å²) in [6.07, 6.45) is -13.4. The van der Waals surface area contributed by atoms with E-state index < -0.39 is 59.0 Å². The standard InChI is InChI=1S/C16H6F9.CF2.Cf/c17-13(14(18)19)8-5-6-10(12(7-8)16(23,24)25)9-3-1-2-4-11(9)15(20,21)22;2-1-3;/h1,3-7H;;. The van der Waals surface area contributed by atoms with Crippen molar-refractivity contribution in [2.24, 2.45) is 0 Å². The molecule has 0 aliphatic carbocycles. The fourth-order valence-electron chi connectivity index (χ4n) is 2.35. The van der Waals surface area contributed by atoms with Crippen LogP contribution in [0.4, 0.5) is 48.3 Å². The second kappa shape index (κ2) is 7.36. The third-order valence-electron chi connectivity index (χ3n) is 3.45. The molecule has 0 aromatic heterocycles. The molecule has 2 aromatic rings. The van der Waals surface area contributed by atoms with Gasteiger partial charge in [0.15, 0.2) is 0 Å². The second-order valence-corrected chi connectivity index (χ2v) is 8.43. The first-order valence-electron chi connectivity index (χ1n) is 7.12. The van der Waals surface area contributed by atoms with Crippen LogP contribution in [0.25, 0.3) is 17.0 Å². The normalized spacial score (nSPS) is 11.8. The SMILES string of the molecule is F[C](F)=[Cf][c]1ccc(-c2ccc(C(F)=C(F)F)cc2C(F)(F)F)c(C(F)(F)F)c1. The summed E-state index contributed by atoms with van der Waals surface area (Å²) in [5, 5.41) is 0. The van der Waals surface area contributed by atoms with Crippen molar-refractivity contribution in [2.75, 3.05) is 0 Å². The molecule has 0 saturated heterocycles. The maximum absolute atomic E-state index is 13.4. The van der Waals surface area contributed by atoms with Crippen LogP contribution in [-0.2, 0) is 12.4 Å². The van der Waals surface area contributed by atoms with E-state index in [2.05, 4.69) is 0 Å². The Kier molecular flexibility index (Phi) is 5.48. The number of alkyl halides is 6. The van der Waals surface area contributed by atoms with Gasteiger partial charge >= 0.3 is 150 Å². The van der Waals surface area contributed by atoms with Crippen LogP contribution in [0.15, 0.2) is 42.5 Å². The second-order valence-electron chi connectivity index (χ2n) is 5.25. The van der Waals surface area contributed by atoms with Gasteiger partial charge in [-0.15, -0.1) is 0 Å². The van der Waals surface area contributed by atoms with Crippen LogP contribution >= 0.6 is 0 Å². The van der Waals surface area contributed by atoms with E-state index in [0.29, 0.717) is 24.3 Å². The fourth-order valence-corrected chi connectivity index (χ4v) is 3.93. The average Bonchev–Trinajstić information content (AvgIpc) is 2.58. The predicted octanol–water partition coefficient (Wildman–Crippen LogP) is 6.66. The van der Waals surface area contributed by atoms with Crippen LogP contribution in [0.1, 0.15) is 16.7 Å². The Bertz CT molecular complexity index is 976. The number of hydrogen-bond donors (Lipinski definition) is 0. The van der Waals surface area contributed by atoms with Crippen LogP contribution in [0.5, 0.6) is 0 Å². The minimum atomic E-state index is -5.31. The summed E-state index contributed by atoms with van der Waals surface area (Å²) in [4.78, 5) is 0. The quantitative estimate of drug-likeness (QED) is 0.321. The first kappa shape index (κ1) is 21.6. The summed E-state index contributed by atoms with van der Waals surface area (Å²) in [7, 11) is 0. The molecule has 0 saturated carbocycles. The predicted molar refractivity (Wildman–Crippen MR) is 79.0 cm³/mol. The average molecular weight is 670 g/mol. The molecular formula is C17H6CfF11. The molecule has 0 heterocycles. The van der Waals surface area contributed by atoms with Crippen LogP contribution in [-0.4, -0.2) is 6.93 Å². The molecular weight excluding hydrogens is 664 g/mol. The molecule has 161 valence electrons. The number of benzene rings is 2. The van der Waals surface area contributed by atoms with Gasteiger partial charge in [0.1, 0.15) is 0 Å².